The van der Waals surface area contributed by atoms with Crippen LogP contribution in [0.1, 0.15) is 30.3 Å². The van der Waals surface area contributed by atoms with Gasteiger partial charge in [-0.3, -0.25) is 0 Å². The predicted molar refractivity (Wildman–Crippen MR) is 92.6 cm³/mol. The van der Waals surface area contributed by atoms with Gasteiger partial charge in [-0.25, -0.2) is 0 Å². The first-order valence-corrected chi connectivity index (χ1v) is 8.46. The molecule has 108 valence electrons. The van der Waals surface area contributed by atoms with E-state index in [0.29, 0.717) is 6.04 Å². The van der Waals surface area contributed by atoms with E-state index in [1.165, 1.54) is 16.1 Å². The SMILES string of the molecule is CC(N)Cc1ccc(N(C)C(C)c2cccs2)c(Br)c1. The third kappa shape index (κ3) is 3.62. The number of benzene rings is 1. The Balaban J connectivity index is 2.20. The predicted octanol–water partition coefficient (Wildman–Crippen LogP) is 4.60. The zero-order valence-electron chi connectivity index (χ0n) is 12.1. The molecule has 0 radical (unpaired) electrons. The van der Waals surface area contributed by atoms with Gasteiger partial charge in [-0.2, -0.15) is 0 Å². The number of halogens is 1. The highest BCUT2D eigenvalue weighted by molar-refractivity contribution is 9.10. The third-order valence-electron chi connectivity index (χ3n) is 3.49. The number of hydrogen-bond donors (Lipinski definition) is 1. The molecule has 2 unspecified atom stereocenters. The maximum atomic E-state index is 5.86. The lowest BCUT2D eigenvalue weighted by Gasteiger charge is -2.27. The first kappa shape index (κ1) is 15.5. The Bertz CT molecular complexity index is 552. The number of nitrogens with zero attached hydrogens (tertiary/aromatic N) is 1. The second-order valence-corrected chi connectivity index (χ2v) is 7.10. The summed E-state index contributed by atoms with van der Waals surface area (Å²) in [6.07, 6.45) is 0.906. The van der Waals surface area contributed by atoms with Gasteiger partial charge in [0.05, 0.1) is 11.7 Å². The smallest absolute Gasteiger partial charge is 0.0604 e. The van der Waals surface area contributed by atoms with Gasteiger partial charge in [-0.1, -0.05) is 12.1 Å². The van der Waals surface area contributed by atoms with Gasteiger partial charge in [-0.15, -0.1) is 11.3 Å². The van der Waals surface area contributed by atoms with E-state index in [1.54, 1.807) is 11.3 Å². The molecule has 0 saturated carbocycles. The van der Waals surface area contributed by atoms with Gasteiger partial charge in [0.25, 0.3) is 0 Å². The van der Waals surface area contributed by atoms with Gasteiger partial charge in [0.2, 0.25) is 0 Å². The van der Waals surface area contributed by atoms with Crippen molar-refractivity contribution >= 4 is 33.0 Å². The molecule has 0 spiro atoms. The van der Waals surface area contributed by atoms with E-state index in [4.69, 9.17) is 5.73 Å². The van der Waals surface area contributed by atoms with E-state index in [2.05, 4.69) is 70.5 Å². The van der Waals surface area contributed by atoms with Crippen LogP contribution < -0.4 is 10.6 Å². The number of anilines is 1. The van der Waals surface area contributed by atoms with Gasteiger partial charge in [0.1, 0.15) is 0 Å². The van der Waals surface area contributed by atoms with Crippen LogP contribution in [0.4, 0.5) is 5.69 Å². The van der Waals surface area contributed by atoms with E-state index in [9.17, 15) is 0 Å². The maximum Gasteiger partial charge on any atom is 0.0604 e. The Morgan fingerprint density at radius 3 is 2.60 bits per heavy atom. The van der Waals surface area contributed by atoms with Crippen molar-refractivity contribution in [3.05, 3.63) is 50.6 Å². The summed E-state index contributed by atoms with van der Waals surface area (Å²) in [5.41, 5.74) is 8.34. The van der Waals surface area contributed by atoms with Crippen molar-refractivity contribution in [2.75, 3.05) is 11.9 Å². The molecule has 0 aliphatic heterocycles. The van der Waals surface area contributed by atoms with Crippen molar-refractivity contribution in [3.63, 3.8) is 0 Å². The van der Waals surface area contributed by atoms with Crippen molar-refractivity contribution in [2.45, 2.75) is 32.4 Å². The molecule has 0 aliphatic carbocycles. The van der Waals surface area contributed by atoms with Crippen LogP contribution in [0.25, 0.3) is 0 Å². The largest absolute Gasteiger partial charge is 0.366 e. The van der Waals surface area contributed by atoms with Crippen molar-refractivity contribution in [3.8, 4) is 0 Å². The van der Waals surface area contributed by atoms with E-state index in [1.807, 2.05) is 6.92 Å². The molecular formula is C16H21BrN2S. The molecule has 0 amide bonds. The van der Waals surface area contributed by atoms with Gasteiger partial charge in [0, 0.05) is 22.4 Å². The summed E-state index contributed by atoms with van der Waals surface area (Å²) >= 11 is 5.49. The average molecular weight is 353 g/mol. The molecule has 2 nitrogen and oxygen atoms in total. The van der Waals surface area contributed by atoms with Crippen LogP contribution in [0.2, 0.25) is 0 Å². The zero-order valence-corrected chi connectivity index (χ0v) is 14.5. The van der Waals surface area contributed by atoms with Crippen LogP contribution in [0.15, 0.2) is 40.2 Å². The molecule has 0 aliphatic rings. The summed E-state index contributed by atoms with van der Waals surface area (Å²) in [5, 5.41) is 2.13. The number of nitrogens with two attached hydrogens (primary N) is 1. The highest BCUT2D eigenvalue weighted by Crippen LogP contribution is 2.33. The number of hydrogen-bond acceptors (Lipinski definition) is 3. The fourth-order valence-corrected chi connectivity index (χ4v) is 3.80. The second kappa shape index (κ2) is 6.74. The molecule has 0 fully saturated rings. The lowest BCUT2D eigenvalue weighted by molar-refractivity contribution is 0.734. The van der Waals surface area contributed by atoms with Crippen LogP contribution in [-0.2, 0) is 6.42 Å². The first-order valence-electron chi connectivity index (χ1n) is 6.79. The van der Waals surface area contributed by atoms with Crippen molar-refractivity contribution < 1.29 is 0 Å². The summed E-state index contributed by atoms with van der Waals surface area (Å²) in [4.78, 5) is 3.67. The molecule has 1 aromatic heterocycles. The van der Waals surface area contributed by atoms with E-state index < -0.39 is 0 Å². The minimum absolute atomic E-state index is 0.190. The standard InChI is InChI=1S/C16H21BrN2S/c1-11(18)9-13-6-7-15(14(17)10-13)19(3)12(2)16-5-4-8-20-16/h4-8,10-12H,9,18H2,1-3H3. The Labute approximate surface area is 133 Å². The van der Waals surface area contributed by atoms with Crippen LogP contribution in [0, 0.1) is 0 Å². The van der Waals surface area contributed by atoms with Crippen LogP contribution in [-0.4, -0.2) is 13.1 Å². The minimum atomic E-state index is 0.190. The van der Waals surface area contributed by atoms with Gasteiger partial charge in [-0.05, 0) is 65.3 Å². The van der Waals surface area contributed by atoms with E-state index in [0.717, 1.165) is 10.9 Å². The third-order valence-corrected chi connectivity index (χ3v) is 5.16. The molecule has 0 saturated heterocycles. The molecule has 1 heterocycles. The fourth-order valence-electron chi connectivity index (χ4n) is 2.26. The van der Waals surface area contributed by atoms with Crippen LogP contribution in [0.3, 0.4) is 0 Å². The lowest BCUT2D eigenvalue weighted by atomic mass is 10.1. The Morgan fingerprint density at radius 2 is 2.05 bits per heavy atom. The fraction of sp³-hybridized carbons (Fsp3) is 0.375. The van der Waals surface area contributed by atoms with Crippen molar-refractivity contribution in [1.29, 1.82) is 0 Å². The van der Waals surface area contributed by atoms with Crippen molar-refractivity contribution in [2.24, 2.45) is 5.73 Å². The molecule has 2 atom stereocenters. The maximum absolute atomic E-state index is 5.86. The first-order chi connectivity index (χ1) is 9.49. The van der Waals surface area contributed by atoms with E-state index in [-0.39, 0.29) is 6.04 Å². The lowest BCUT2D eigenvalue weighted by Crippen LogP contribution is -2.21. The molecule has 2 rings (SSSR count). The average Bonchev–Trinajstić information content (AvgIpc) is 2.90. The molecule has 4 heteroatoms. The summed E-state index contributed by atoms with van der Waals surface area (Å²) in [5.74, 6) is 0. The summed E-state index contributed by atoms with van der Waals surface area (Å²) in [7, 11) is 2.13. The molecule has 2 aromatic rings. The summed E-state index contributed by atoms with van der Waals surface area (Å²) < 4.78 is 1.13. The molecule has 2 N–H and O–H groups in total. The molecular weight excluding hydrogens is 332 g/mol. The zero-order chi connectivity index (χ0) is 14.7. The van der Waals surface area contributed by atoms with Crippen LogP contribution >= 0.6 is 27.3 Å². The monoisotopic (exact) mass is 352 g/mol. The minimum Gasteiger partial charge on any atom is -0.366 e. The second-order valence-electron chi connectivity index (χ2n) is 5.27. The van der Waals surface area contributed by atoms with E-state index >= 15 is 0 Å². The van der Waals surface area contributed by atoms with Crippen LogP contribution in [0.5, 0.6) is 0 Å². The van der Waals surface area contributed by atoms with Gasteiger partial charge in [0.15, 0.2) is 0 Å². The van der Waals surface area contributed by atoms with Gasteiger partial charge >= 0.3 is 0 Å². The summed E-state index contributed by atoms with van der Waals surface area (Å²) in [6.45, 7) is 4.26. The number of rotatable bonds is 5. The molecule has 0 bridgehead atoms. The quantitative estimate of drug-likeness (QED) is 0.851. The Morgan fingerprint density at radius 1 is 1.30 bits per heavy atom. The normalized spacial score (nSPS) is 14.1. The highest BCUT2D eigenvalue weighted by atomic mass is 79.9. The highest BCUT2D eigenvalue weighted by Gasteiger charge is 2.15. The topological polar surface area (TPSA) is 29.3 Å². The van der Waals surface area contributed by atoms with Gasteiger partial charge < -0.3 is 10.6 Å². The Hall–Kier alpha value is -0.840. The summed E-state index contributed by atoms with van der Waals surface area (Å²) in [6, 6.07) is 11.4. The molecule has 20 heavy (non-hydrogen) atoms. The van der Waals surface area contributed by atoms with Crippen molar-refractivity contribution in [1.82, 2.24) is 0 Å². The molecule has 1 aromatic carbocycles. The Kier molecular flexibility index (Phi) is 5.24. The number of thiophene rings is 1.